The van der Waals surface area contributed by atoms with E-state index in [0.717, 1.165) is 0 Å². The van der Waals surface area contributed by atoms with Gasteiger partial charge in [-0.1, -0.05) is 23.7 Å². The van der Waals surface area contributed by atoms with Crippen molar-refractivity contribution in [3.05, 3.63) is 40.4 Å². The molecule has 2 nitrogen and oxygen atoms in total. The zero-order valence-corrected chi connectivity index (χ0v) is 9.47. The second-order valence-corrected chi connectivity index (χ2v) is 4.27. The summed E-state index contributed by atoms with van der Waals surface area (Å²) in [4.78, 5) is 10.6. The lowest BCUT2D eigenvalue weighted by Crippen LogP contribution is -2.31. The summed E-state index contributed by atoms with van der Waals surface area (Å²) in [5.74, 6) is -5.99. The summed E-state index contributed by atoms with van der Waals surface area (Å²) >= 11 is 5.78. The van der Waals surface area contributed by atoms with E-state index in [1.807, 2.05) is 0 Å². The Morgan fingerprint density at radius 3 is 2.76 bits per heavy atom. The maximum Gasteiger partial charge on any atom is 0.379 e. The molecule has 0 bridgehead atoms. The molecule has 1 aromatic carbocycles. The minimum absolute atomic E-state index is 0.271. The third-order valence-electron chi connectivity index (χ3n) is 2.73. The number of carboxylic acids is 1. The van der Waals surface area contributed by atoms with E-state index in [0.29, 0.717) is 23.4 Å². The van der Waals surface area contributed by atoms with Crippen LogP contribution in [0.5, 0.6) is 0 Å². The zero-order valence-electron chi connectivity index (χ0n) is 8.71. The lowest BCUT2D eigenvalue weighted by atomic mass is 9.87. The van der Waals surface area contributed by atoms with Gasteiger partial charge in [-0.3, -0.25) is 0 Å². The summed E-state index contributed by atoms with van der Waals surface area (Å²) in [7, 11) is 0. The molecular weight excluding hydrogens is 250 g/mol. The fourth-order valence-corrected chi connectivity index (χ4v) is 2.12. The number of hydrogen-bond acceptors (Lipinski definition) is 1. The van der Waals surface area contributed by atoms with Gasteiger partial charge < -0.3 is 5.11 Å². The molecule has 1 aromatic rings. The van der Waals surface area contributed by atoms with Gasteiger partial charge in [0.05, 0.1) is 0 Å². The Hall–Kier alpha value is -1.42. The highest BCUT2D eigenvalue weighted by molar-refractivity contribution is 6.30. The van der Waals surface area contributed by atoms with Crippen molar-refractivity contribution in [2.45, 2.75) is 18.8 Å². The first-order valence-corrected chi connectivity index (χ1v) is 5.41. The van der Waals surface area contributed by atoms with Crippen molar-refractivity contribution >= 4 is 23.1 Å². The van der Waals surface area contributed by atoms with Crippen LogP contribution in [-0.2, 0) is 11.2 Å². The van der Waals surface area contributed by atoms with Crippen LogP contribution in [0.15, 0.2) is 24.3 Å². The highest BCUT2D eigenvalue weighted by Crippen LogP contribution is 2.38. The van der Waals surface area contributed by atoms with E-state index >= 15 is 0 Å². The molecule has 0 unspecified atom stereocenters. The second-order valence-electron chi connectivity index (χ2n) is 3.84. The fraction of sp³-hybridized carbons (Fsp3) is 0.250. The number of hydrogen-bond donors (Lipinski definition) is 1. The molecule has 0 heterocycles. The third-order valence-corrected chi connectivity index (χ3v) is 2.96. The number of carbonyl (C=O) groups is 1. The monoisotopic (exact) mass is 258 g/mol. The van der Waals surface area contributed by atoms with Gasteiger partial charge in [-0.2, -0.15) is 8.78 Å². The largest absolute Gasteiger partial charge is 0.477 e. The SMILES string of the molecule is O=C(O)C(F)(F)C1=CCCc2cc(Cl)ccc21. The van der Waals surface area contributed by atoms with Crippen LogP contribution >= 0.6 is 11.6 Å². The standard InChI is InChI=1S/C12H9ClF2O2/c13-8-4-5-9-7(6-8)2-1-3-10(9)12(14,15)11(16)17/h3-6H,1-2H2,(H,16,17). The van der Waals surface area contributed by atoms with Crippen LogP contribution < -0.4 is 0 Å². The van der Waals surface area contributed by atoms with Crippen LogP contribution in [0.1, 0.15) is 17.5 Å². The molecule has 0 atom stereocenters. The molecule has 0 saturated heterocycles. The van der Waals surface area contributed by atoms with Crippen LogP contribution in [0.3, 0.4) is 0 Å². The molecule has 17 heavy (non-hydrogen) atoms. The van der Waals surface area contributed by atoms with Gasteiger partial charge in [0.1, 0.15) is 0 Å². The second kappa shape index (κ2) is 4.11. The van der Waals surface area contributed by atoms with E-state index in [2.05, 4.69) is 0 Å². The molecule has 2 rings (SSSR count). The lowest BCUT2D eigenvalue weighted by molar-refractivity contribution is -0.156. The molecule has 0 saturated carbocycles. The Labute approximate surface area is 102 Å². The number of aryl methyl sites for hydroxylation is 1. The van der Waals surface area contributed by atoms with Gasteiger partial charge in [-0.25, -0.2) is 4.79 Å². The van der Waals surface area contributed by atoms with Crippen LogP contribution in [0.4, 0.5) is 8.78 Å². The molecule has 0 aliphatic heterocycles. The first kappa shape index (κ1) is 12.0. The summed E-state index contributed by atoms with van der Waals surface area (Å²) in [6.07, 6.45) is 2.27. The molecule has 0 spiro atoms. The average molecular weight is 259 g/mol. The highest BCUT2D eigenvalue weighted by atomic mass is 35.5. The van der Waals surface area contributed by atoms with E-state index in [-0.39, 0.29) is 5.56 Å². The highest BCUT2D eigenvalue weighted by Gasteiger charge is 2.44. The molecule has 0 fully saturated rings. The number of benzene rings is 1. The summed E-state index contributed by atoms with van der Waals surface area (Å²) in [5.41, 5.74) is 0.492. The zero-order chi connectivity index (χ0) is 12.6. The van der Waals surface area contributed by atoms with Crippen molar-refractivity contribution in [2.75, 3.05) is 0 Å². The molecule has 1 N–H and O–H groups in total. The van der Waals surface area contributed by atoms with Crippen LogP contribution in [0.25, 0.3) is 5.57 Å². The Bertz CT molecular complexity index is 509. The Balaban J connectivity index is 2.53. The molecular formula is C12H9ClF2O2. The first-order chi connectivity index (χ1) is 7.93. The number of alkyl halides is 2. The van der Waals surface area contributed by atoms with Gasteiger partial charge in [-0.15, -0.1) is 0 Å². The van der Waals surface area contributed by atoms with Crippen molar-refractivity contribution in [3.63, 3.8) is 0 Å². The molecule has 0 aromatic heterocycles. The summed E-state index contributed by atoms with van der Waals surface area (Å²) in [5, 5.41) is 9.02. The van der Waals surface area contributed by atoms with Gasteiger partial charge in [0, 0.05) is 10.6 Å². The van der Waals surface area contributed by atoms with Crippen molar-refractivity contribution in [2.24, 2.45) is 0 Å². The van der Waals surface area contributed by atoms with Gasteiger partial charge in [-0.05, 0) is 36.1 Å². The number of allylic oxidation sites excluding steroid dienone is 1. The number of carboxylic acid groups (broad SMARTS) is 1. The summed E-state index contributed by atoms with van der Waals surface area (Å²) in [6.45, 7) is 0. The maximum absolute atomic E-state index is 13.5. The number of aliphatic carboxylic acids is 1. The normalized spacial score (nSPS) is 15.1. The summed E-state index contributed by atoms with van der Waals surface area (Å²) < 4.78 is 27.0. The van der Waals surface area contributed by atoms with E-state index in [1.54, 1.807) is 6.07 Å². The van der Waals surface area contributed by atoms with E-state index < -0.39 is 17.5 Å². The number of fused-ring (bicyclic) bond motifs is 1. The third kappa shape index (κ3) is 2.05. The number of rotatable bonds is 2. The Morgan fingerprint density at radius 1 is 1.41 bits per heavy atom. The minimum Gasteiger partial charge on any atom is -0.477 e. The minimum atomic E-state index is -3.86. The smallest absolute Gasteiger partial charge is 0.379 e. The average Bonchev–Trinajstić information content (AvgIpc) is 2.27. The molecule has 90 valence electrons. The van der Waals surface area contributed by atoms with Crippen LogP contribution in [0, 0.1) is 0 Å². The maximum atomic E-state index is 13.5. The molecule has 5 heteroatoms. The van der Waals surface area contributed by atoms with E-state index in [4.69, 9.17) is 16.7 Å². The van der Waals surface area contributed by atoms with Crippen molar-refractivity contribution in [1.29, 1.82) is 0 Å². The van der Waals surface area contributed by atoms with Gasteiger partial charge in [0.25, 0.3) is 0 Å². The summed E-state index contributed by atoms with van der Waals surface area (Å²) in [6, 6.07) is 4.53. The van der Waals surface area contributed by atoms with Crippen LogP contribution in [0.2, 0.25) is 5.02 Å². The lowest BCUT2D eigenvalue weighted by Gasteiger charge is -2.22. The van der Waals surface area contributed by atoms with Gasteiger partial charge in [0.2, 0.25) is 0 Å². The van der Waals surface area contributed by atoms with E-state index in [1.165, 1.54) is 18.2 Å². The predicted molar refractivity (Wildman–Crippen MR) is 60.3 cm³/mol. The van der Waals surface area contributed by atoms with Crippen LogP contribution in [-0.4, -0.2) is 17.0 Å². The quantitative estimate of drug-likeness (QED) is 0.883. The first-order valence-electron chi connectivity index (χ1n) is 5.03. The van der Waals surface area contributed by atoms with Gasteiger partial charge >= 0.3 is 11.9 Å². The number of halogens is 3. The van der Waals surface area contributed by atoms with Crippen molar-refractivity contribution in [3.8, 4) is 0 Å². The van der Waals surface area contributed by atoms with Crippen molar-refractivity contribution < 1.29 is 18.7 Å². The van der Waals surface area contributed by atoms with Crippen molar-refractivity contribution in [1.82, 2.24) is 0 Å². The van der Waals surface area contributed by atoms with E-state index in [9.17, 15) is 13.6 Å². The molecule has 0 radical (unpaired) electrons. The fourth-order valence-electron chi connectivity index (χ4n) is 1.93. The molecule has 1 aliphatic rings. The van der Waals surface area contributed by atoms with Gasteiger partial charge in [0.15, 0.2) is 0 Å². The topological polar surface area (TPSA) is 37.3 Å². The molecule has 0 amide bonds. The Morgan fingerprint density at radius 2 is 2.12 bits per heavy atom. The Kier molecular flexibility index (Phi) is 2.91. The molecule has 1 aliphatic carbocycles. The predicted octanol–water partition coefficient (Wildman–Crippen LogP) is 3.39.